The van der Waals surface area contributed by atoms with Crippen molar-refractivity contribution in [3.8, 4) is 5.75 Å². The van der Waals surface area contributed by atoms with Crippen LogP contribution in [0.4, 0.5) is 13.2 Å². The van der Waals surface area contributed by atoms with Gasteiger partial charge >= 0.3 is 6.18 Å². The van der Waals surface area contributed by atoms with Crippen LogP contribution in [-0.4, -0.2) is 21.0 Å². The van der Waals surface area contributed by atoms with Gasteiger partial charge in [-0.25, -0.2) is 0 Å². The largest absolute Gasteiger partial charge is 0.772 e. The molecule has 2 atom stereocenters. The first-order chi connectivity index (χ1) is 8.36. The molecule has 1 aromatic rings. The maximum Gasteiger partial charge on any atom is 0.429 e. The fraction of sp³-hybridized carbons (Fsp3) is 0.273. The number of alkyl halides is 3. The van der Waals surface area contributed by atoms with Gasteiger partial charge in [0.1, 0.15) is 5.75 Å². The van der Waals surface area contributed by atoms with Crippen molar-refractivity contribution in [1.82, 2.24) is 0 Å². The Hall–Kier alpha value is -1.34. The number of fused-ring (bicyclic) bond motifs is 1. The molecule has 0 N–H and O–H groups in total. The third-order valence-corrected chi connectivity index (χ3v) is 2.95. The molecular weight excluding hydrogens is 269 g/mol. The zero-order valence-corrected chi connectivity index (χ0v) is 9.75. The number of hydrogen-bond acceptors (Lipinski definition) is 3. The number of ether oxygens (including phenoxy) is 1. The summed E-state index contributed by atoms with van der Waals surface area (Å²) in [5.74, 6) is -0.0793. The Morgan fingerprint density at radius 1 is 1.39 bits per heavy atom. The van der Waals surface area contributed by atoms with Crippen LogP contribution in [0.25, 0.3) is 6.08 Å². The Labute approximate surface area is 104 Å². The van der Waals surface area contributed by atoms with Crippen LogP contribution in [0.1, 0.15) is 11.1 Å². The smallest absolute Gasteiger partial charge is 0.429 e. The fourth-order valence-corrected chi connectivity index (χ4v) is 2.06. The third kappa shape index (κ3) is 2.91. The van der Waals surface area contributed by atoms with E-state index >= 15 is 0 Å². The maximum atomic E-state index is 12.4. The second-order valence-corrected chi connectivity index (χ2v) is 4.66. The SMILES string of the molecule is O=S([O-])Cc1ccc2c(c1)C=CC(C(F)(F)F)O2. The van der Waals surface area contributed by atoms with Crippen molar-refractivity contribution in [2.75, 3.05) is 0 Å². The van der Waals surface area contributed by atoms with Crippen LogP contribution in [0.5, 0.6) is 5.75 Å². The molecule has 3 nitrogen and oxygen atoms in total. The number of benzene rings is 1. The highest BCUT2D eigenvalue weighted by Crippen LogP contribution is 2.33. The summed E-state index contributed by atoms with van der Waals surface area (Å²) in [5, 5.41) is 0. The highest BCUT2D eigenvalue weighted by atomic mass is 32.2. The number of rotatable bonds is 2. The summed E-state index contributed by atoms with van der Waals surface area (Å²) in [7, 11) is 0. The van der Waals surface area contributed by atoms with E-state index in [2.05, 4.69) is 0 Å². The molecule has 1 aliphatic heterocycles. The summed E-state index contributed by atoms with van der Waals surface area (Å²) < 4.78 is 63.1. The van der Waals surface area contributed by atoms with E-state index < -0.39 is 23.4 Å². The molecule has 1 aromatic carbocycles. The first-order valence-corrected chi connectivity index (χ1v) is 6.21. The van der Waals surface area contributed by atoms with Gasteiger partial charge in [0.15, 0.2) is 0 Å². The zero-order valence-electron chi connectivity index (χ0n) is 8.94. The molecule has 0 aromatic heterocycles. The summed E-state index contributed by atoms with van der Waals surface area (Å²) >= 11 is -2.23. The fourth-order valence-electron chi connectivity index (χ4n) is 1.60. The first kappa shape index (κ1) is 13.1. The summed E-state index contributed by atoms with van der Waals surface area (Å²) in [4.78, 5) is 0. The van der Waals surface area contributed by atoms with Crippen molar-refractivity contribution in [2.45, 2.75) is 18.0 Å². The zero-order chi connectivity index (χ0) is 13.3. The Balaban J connectivity index is 2.24. The number of hydrogen-bond donors (Lipinski definition) is 0. The van der Waals surface area contributed by atoms with Crippen LogP contribution in [0.3, 0.4) is 0 Å². The molecule has 0 radical (unpaired) electrons. The number of halogens is 3. The van der Waals surface area contributed by atoms with Gasteiger partial charge in [-0.1, -0.05) is 23.2 Å². The van der Waals surface area contributed by atoms with Crippen molar-refractivity contribution in [3.63, 3.8) is 0 Å². The minimum atomic E-state index is -4.45. The molecule has 18 heavy (non-hydrogen) atoms. The van der Waals surface area contributed by atoms with Crippen LogP contribution in [0.2, 0.25) is 0 Å². The molecular formula is C11H8F3O3S-. The Kier molecular flexibility index (Phi) is 3.45. The predicted molar refractivity (Wildman–Crippen MR) is 58.6 cm³/mol. The highest BCUT2D eigenvalue weighted by Gasteiger charge is 2.41. The molecule has 0 saturated carbocycles. The predicted octanol–water partition coefficient (Wildman–Crippen LogP) is 2.40. The van der Waals surface area contributed by atoms with Crippen molar-refractivity contribution in [3.05, 3.63) is 35.4 Å². The second-order valence-electron chi connectivity index (χ2n) is 3.76. The molecule has 2 unspecified atom stereocenters. The lowest BCUT2D eigenvalue weighted by molar-refractivity contribution is -0.180. The van der Waals surface area contributed by atoms with Crippen LogP contribution >= 0.6 is 0 Å². The molecule has 0 spiro atoms. The highest BCUT2D eigenvalue weighted by molar-refractivity contribution is 7.78. The van der Waals surface area contributed by atoms with E-state index in [4.69, 9.17) is 4.74 Å². The van der Waals surface area contributed by atoms with Gasteiger partial charge < -0.3 is 9.29 Å². The molecule has 0 bridgehead atoms. The molecule has 98 valence electrons. The average molecular weight is 277 g/mol. The van der Waals surface area contributed by atoms with E-state index in [0.29, 0.717) is 11.1 Å². The lowest BCUT2D eigenvalue weighted by Crippen LogP contribution is -2.33. The quantitative estimate of drug-likeness (QED) is 0.780. The lowest BCUT2D eigenvalue weighted by atomic mass is 10.1. The summed E-state index contributed by atoms with van der Waals surface area (Å²) in [6.07, 6.45) is -4.22. The third-order valence-electron chi connectivity index (χ3n) is 2.39. The van der Waals surface area contributed by atoms with Gasteiger partial charge in [-0.3, -0.25) is 4.21 Å². The van der Waals surface area contributed by atoms with Crippen LogP contribution in [0, 0.1) is 0 Å². The van der Waals surface area contributed by atoms with Gasteiger partial charge in [0, 0.05) is 11.3 Å². The van der Waals surface area contributed by atoms with E-state index in [0.717, 1.165) is 6.08 Å². The molecule has 0 saturated heterocycles. The average Bonchev–Trinajstić information content (AvgIpc) is 2.26. The molecule has 0 aliphatic carbocycles. The van der Waals surface area contributed by atoms with E-state index in [1.54, 1.807) is 0 Å². The van der Waals surface area contributed by atoms with Crippen LogP contribution < -0.4 is 4.74 Å². The van der Waals surface area contributed by atoms with E-state index in [1.807, 2.05) is 0 Å². The first-order valence-electron chi connectivity index (χ1n) is 4.96. The molecule has 0 amide bonds. The summed E-state index contributed by atoms with van der Waals surface area (Å²) in [6.45, 7) is 0. The summed E-state index contributed by atoms with van der Waals surface area (Å²) in [5.41, 5.74) is 0.944. The summed E-state index contributed by atoms with van der Waals surface area (Å²) in [6, 6.07) is 4.27. The van der Waals surface area contributed by atoms with Gasteiger partial charge in [0.2, 0.25) is 6.10 Å². The Morgan fingerprint density at radius 2 is 2.11 bits per heavy atom. The van der Waals surface area contributed by atoms with Gasteiger partial charge in [0.25, 0.3) is 0 Å². The van der Waals surface area contributed by atoms with Crippen molar-refractivity contribution in [2.24, 2.45) is 0 Å². The van der Waals surface area contributed by atoms with Gasteiger partial charge in [-0.05, 0) is 23.8 Å². The van der Waals surface area contributed by atoms with E-state index in [1.165, 1.54) is 24.3 Å². The van der Waals surface area contributed by atoms with Crippen LogP contribution in [0.15, 0.2) is 24.3 Å². The minimum absolute atomic E-state index is 0.0975. The molecule has 1 aliphatic rings. The topological polar surface area (TPSA) is 49.4 Å². The molecule has 1 heterocycles. The Morgan fingerprint density at radius 3 is 2.72 bits per heavy atom. The van der Waals surface area contributed by atoms with Crippen LogP contribution in [-0.2, 0) is 16.8 Å². The van der Waals surface area contributed by atoms with Gasteiger partial charge in [-0.2, -0.15) is 13.2 Å². The van der Waals surface area contributed by atoms with Crippen molar-refractivity contribution < 1.29 is 26.7 Å². The second kappa shape index (κ2) is 4.74. The minimum Gasteiger partial charge on any atom is -0.772 e. The standard InChI is InChI=1S/C11H9F3O3S/c12-11(13,14)10-4-2-8-5-7(6-18(15)16)1-3-9(8)17-10/h1-5,10H,6H2,(H,15,16)/p-1. The van der Waals surface area contributed by atoms with Crippen molar-refractivity contribution >= 4 is 17.2 Å². The molecule has 2 rings (SSSR count). The normalized spacial score (nSPS) is 20.1. The van der Waals surface area contributed by atoms with E-state index in [-0.39, 0.29) is 11.5 Å². The van der Waals surface area contributed by atoms with Crippen molar-refractivity contribution in [1.29, 1.82) is 0 Å². The molecule has 7 heteroatoms. The maximum absolute atomic E-state index is 12.4. The lowest BCUT2D eigenvalue weighted by Gasteiger charge is -2.23. The Bertz CT molecular complexity index is 511. The van der Waals surface area contributed by atoms with Gasteiger partial charge in [0.05, 0.1) is 0 Å². The van der Waals surface area contributed by atoms with Gasteiger partial charge in [-0.15, -0.1) is 0 Å². The monoisotopic (exact) mass is 277 g/mol. The molecule has 0 fully saturated rings. The van der Waals surface area contributed by atoms with E-state index in [9.17, 15) is 21.9 Å².